The van der Waals surface area contributed by atoms with Gasteiger partial charge in [0.25, 0.3) is 0 Å². The predicted octanol–water partition coefficient (Wildman–Crippen LogP) is 2.13. The van der Waals surface area contributed by atoms with Crippen molar-refractivity contribution in [1.82, 2.24) is 9.80 Å². The van der Waals surface area contributed by atoms with Crippen LogP contribution in [0.15, 0.2) is 0 Å². The first-order valence-electron chi connectivity index (χ1n) is 5.49. The molecule has 2 nitrogen and oxygen atoms in total. The Morgan fingerprint density at radius 2 is 1.71 bits per heavy atom. The van der Waals surface area contributed by atoms with Gasteiger partial charge in [0.15, 0.2) is 0 Å². The van der Waals surface area contributed by atoms with Gasteiger partial charge < -0.3 is 9.80 Å². The second kappa shape index (κ2) is 8.51. The summed E-state index contributed by atoms with van der Waals surface area (Å²) in [7, 11) is 4.24. The topological polar surface area (TPSA) is 6.48 Å². The highest BCUT2D eigenvalue weighted by molar-refractivity contribution is 6.17. The molecule has 0 aliphatic carbocycles. The third-order valence-corrected chi connectivity index (χ3v) is 2.36. The van der Waals surface area contributed by atoms with Crippen LogP contribution in [-0.4, -0.2) is 56.0 Å². The van der Waals surface area contributed by atoms with Gasteiger partial charge >= 0.3 is 0 Å². The van der Waals surface area contributed by atoms with Crippen LogP contribution in [0.3, 0.4) is 0 Å². The minimum Gasteiger partial charge on any atom is -0.308 e. The Morgan fingerprint density at radius 1 is 1.07 bits per heavy atom. The zero-order valence-electron chi connectivity index (χ0n) is 10.1. The molecule has 0 spiro atoms. The molecule has 0 N–H and O–H groups in total. The average Bonchev–Trinajstić information content (AvgIpc) is 2.09. The Balaban J connectivity index is 3.72. The largest absolute Gasteiger partial charge is 0.308 e. The van der Waals surface area contributed by atoms with Crippen LogP contribution in [0, 0.1) is 5.92 Å². The van der Waals surface area contributed by atoms with Crippen molar-refractivity contribution in [3.05, 3.63) is 0 Å². The molecule has 0 bridgehead atoms. The molecule has 0 radical (unpaired) electrons. The smallest absolute Gasteiger partial charge is 0.0235 e. The number of nitrogens with zero attached hydrogens (tertiary/aromatic N) is 2. The summed E-state index contributed by atoms with van der Waals surface area (Å²) in [6.45, 7) is 9.14. The summed E-state index contributed by atoms with van der Waals surface area (Å²) < 4.78 is 0. The maximum absolute atomic E-state index is 5.71. The van der Waals surface area contributed by atoms with Crippen LogP contribution in [0.2, 0.25) is 0 Å². The first kappa shape index (κ1) is 14.2. The van der Waals surface area contributed by atoms with Gasteiger partial charge in [-0.05, 0) is 33.0 Å². The molecule has 0 unspecified atom stereocenters. The second-order valence-electron chi connectivity index (χ2n) is 4.54. The molecule has 14 heavy (non-hydrogen) atoms. The van der Waals surface area contributed by atoms with Crippen LogP contribution < -0.4 is 0 Å². The van der Waals surface area contributed by atoms with Crippen LogP contribution in [0.5, 0.6) is 0 Å². The fourth-order valence-electron chi connectivity index (χ4n) is 1.44. The fraction of sp³-hybridized carbons (Fsp3) is 1.00. The number of rotatable bonds is 8. The molecular weight excluding hydrogens is 196 g/mol. The van der Waals surface area contributed by atoms with E-state index in [4.69, 9.17) is 11.6 Å². The molecule has 0 fully saturated rings. The highest BCUT2D eigenvalue weighted by Gasteiger charge is 2.06. The lowest BCUT2D eigenvalue weighted by Gasteiger charge is -2.25. The molecule has 86 valence electrons. The first-order valence-corrected chi connectivity index (χ1v) is 6.02. The number of halogens is 1. The molecule has 0 rings (SSSR count). The Hall–Kier alpha value is 0.210. The molecule has 0 amide bonds. The van der Waals surface area contributed by atoms with E-state index in [1.54, 1.807) is 0 Å². The van der Waals surface area contributed by atoms with Crippen molar-refractivity contribution in [2.45, 2.75) is 20.3 Å². The fourth-order valence-corrected chi connectivity index (χ4v) is 1.56. The lowest BCUT2D eigenvalue weighted by atomic mass is 10.2. The molecule has 0 aliphatic rings. The summed E-state index contributed by atoms with van der Waals surface area (Å²) in [5.74, 6) is 1.52. The van der Waals surface area contributed by atoms with Crippen molar-refractivity contribution < 1.29 is 0 Å². The minimum absolute atomic E-state index is 0.743. The highest BCUT2D eigenvalue weighted by atomic mass is 35.5. The summed E-state index contributed by atoms with van der Waals surface area (Å²) in [6, 6.07) is 0. The van der Waals surface area contributed by atoms with Crippen LogP contribution in [0.1, 0.15) is 20.3 Å². The average molecular weight is 221 g/mol. The molecule has 0 heterocycles. The van der Waals surface area contributed by atoms with Crippen molar-refractivity contribution in [2.24, 2.45) is 5.92 Å². The van der Waals surface area contributed by atoms with Crippen LogP contribution in [0.4, 0.5) is 0 Å². The summed E-state index contributed by atoms with van der Waals surface area (Å²) in [4.78, 5) is 4.74. The van der Waals surface area contributed by atoms with Gasteiger partial charge in [-0.1, -0.05) is 13.8 Å². The van der Waals surface area contributed by atoms with E-state index in [-0.39, 0.29) is 0 Å². The Morgan fingerprint density at radius 3 is 2.14 bits per heavy atom. The Bertz CT molecular complexity index is 126. The van der Waals surface area contributed by atoms with E-state index in [0.29, 0.717) is 0 Å². The van der Waals surface area contributed by atoms with Gasteiger partial charge in [0.1, 0.15) is 0 Å². The number of hydrogen-bond acceptors (Lipinski definition) is 2. The van der Waals surface area contributed by atoms with Crippen molar-refractivity contribution in [3.63, 3.8) is 0 Å². The molecule has 0 aromatic carbocycles. The van der Waals surface area contributed by atoms with Gasteiger partial charge in [-0.2, -0.15) is 0 Å². The molecule has 0 aromatic rings. The van der Waals surface area contributed by atoms with Crippen molar-refractivity contribution in [2.75, 3.05) is 46.2 Å². The summed E-state index contributed by atoms with van der Waals surface area (Å²) in [6.07, 6.45) is 1.10. The van der Waals surface area contributed by atoms with Crippen molar-refractivity contribution in [3.8, 4) is 0 Å². The summed E-state index contributed by atoms with van der Waals surface area (Å²) in [5, 5.41) is 0. The van der Waals surface area contributed by atoms with Crippen LogP contribution in [-0.2, 0) is 0 Å². The highest BCUT2D eigenvalue weighted by Crippen LogP contribution is 2.00. The van der Waals surface area contributed by atoms with Crippen molar-refractivity contribution >= 4 is 11.6 Å². The quantitative estimate of drug-likeness (QED) is 0.579. The van der Waals surface area contributed by atoms with Gasteiger partial charge in [-0.3, -0.25) is 0 Å². The molecule has 0 atom stereocenters. The van der Waals surface area contributed by atoms with E-state index in [1.807, 2.05) is 0 Å². The minimum atomic E-state index is 0.743. The van der Waals surface area contributed by atoms with E-state index >= 15 is 0 Å². The SMILES string of the molecule is CC(C)CN(CCCCl)CCN(C)C. The maximum atomic E-state index is 5.71. The lowest BCUT2D eigenvalue weighted by molar-refractivity contribution is 0.219. The molecule has 3 heteroatoms. The molecule has 0 aliphatic heterocycles. The predicted molar refractivity (Wildman–Crippen MR) is 65.2 cm³/mol. The number of likely N-dealkylation sites (N-methyl/N-ethyl adjacent to an activating group) is 1. The van der Waals surface area contributed by atoms with E-state index < -0.39 is 0 Å². The Labute approximate surface area is 94.2 Å². The van der Waals surface area contributed by atoms with Crippen LogP contribution >= 0.6 is 11.6 Å². The number of alkyl halides is 1. The molecule has 0 saturated carbocycles. The normalized spacial score (nSPS) is 12.0. The summed E-state index contributed by atoms with van der Waals surface area (Å²) >= 11 is 5.71. The maximum Gasteiger partial charge on any atom is 0.0235 e. The summed E-state index contributed by atoms with van der Waals surface area (Å²) in [5.41, 5.74) is 0. The van der Waals surface area contributed by atoms with Crippen LogP contribution in [0.25, 0.3) is 0 Å². The molecule has 0 saturated heterocycles. The first-order chi connectivity index (χ1) is 6.56. The molecule has 0 aromatic heterocycles. The van der Waals surface area contributed by atoms with Gasteiger partial charge in [0.05, 0.1) is 0 Å². The molecular formula is C11H25ClN2. The standard InChI is InChI=1S/C11H25ClN2/c1-11(2)10-14(7-5-6-12)9-8-13(3)4/h11H,5-10H2,1-4H3. The van der Waals surface area contributed by atoms with E-state index in [0.717, 1.165) is 37.9 Å². The zero-order valence-corrected chi connectivity index (χ0v) is 10.8. The van der Waals surface area contributed by atoms with E-state index in [2.05, 4.69) is 37.7 Å². The monoisotopic (exact) mass is 220 g/mol. The van der Waals surface area contributed by atoms with E-state index in [9.17, 15) is 0 Å². The number of hydrogen-bond donors (Lipinski definition) is 0. The third-order valence-electron chi connectivity index (χ3n) is 2.09. The zero-order chi connectivity index (χ0) is 11.0. The van der Waals surface area contributed by atoms with Gasteiger partial charge in [0, 0.05) is 25.5 Å². The lowest BCUT2D eigenvalue weighted by Crippen LogP contribution is -2.35. The third kappa shape index (κ3) is 8.79. The van der Waals surface area contributed by atoms with Crippen molar-refractivity contribution in [1.29, 1.82) is 0 Å². The van der Waals surface area contributed by atoms with E-state index in [1.165, 1.54) is 6.54 Å². The van der Waals surface area contributed by atoms with Gasteiger partial charge in [-0.15, -0.1) is 11.6 Å². The van der Waals surface area contributed by atoms with Gasteiger partial charge in [0.2, 0.25) is 0 Å². The van der Waals surface area contributed by atoms with Gasteiger partial charge in [-0.25, -0.2) is 0 Å². The second-order valence-corrected chi connectivity index (χ2v) is 4.92. The Kier molecular flexibility index (Phi) is 8.64.